The van der Waals surface area contributed by atoms with Crippen LogP contribution in [0, 0.1) is 0 Å². The van der Waals surface area contributed by atoms with Crippen molar-refractivity contribution in [1.29, 1.82) is 0 Å². The first-order valence-electron chi connectivity index (χ1n) is 5.84. The maximum atomic E-state index is 11.8. The van der Waals surface area contributed by atoms with Crippen molar-refractivity contribution in [3.8, 4) is 5.75 Å². The third kappa shape index (κ3) is 3.43. The second kappa shape index (κ2) is 5.86. The van der Waals surface area contributed by atoms with E-state index in [1.807, 2.05) is 0 Å². The van der Waals surface area contributed by atoms with Gasteiger partial charge < -0.3 is 20.8 Å². The van der Waals surface area contributed by atoms with Gasteiger partial charge in [0, 0.05) is 0 Å². The highest BCUT2D eigenvalue weighted by Crippen LogP contribution is 2.24. The van der Waals surface area contributed by atoms with E-state index in [1.54, 1.807) is 6.92 Å². The molecular formula is C11H12N6O4. The van der Waals surface area contributed by atoms with E-state index < -0.39 is 18.0 Å². The number of aromatic hydroxyl groups is 1. The van der Waals surface area contributed by atoms with Crippen molar-refractivity contribution < 1.29 is 19.8 Å². The molecule has 1 heterocycles. The molecule has 0 saturated carbocycles. The number of benzene rings is 1. The van der Waals surface area contributed by atoms with Gasteiger partial charge in [0.1, 0.15) is 5.75 Å². The first kappa shape index (κ1) is 14.2. The van der Waals surface area contributed by atoms with E-state index in [-0.39, 0.29) is 17.0 Å². The number of amides is 2. The van der Waals surface area contributed by atoms with Crippen LogP contribution in [-0.4, -0.2) is 42.8 Å². The normalized spacial score (nSPS) is 11.7. The van der Waals surface area contributed by atoms with Crippen LogP contribution in [-0.2, 0) is 0 Å². The Morgan fingerprint density at radius 3 is 2.71 bits per heavy atom. The lowest BCUT2D eigenvalue weighted by Crippen LogP contribution is -2.31. The summed E-state index contributed by atoms with van der Waals surface area (Å²) in [5, 5.41) is 36.4. The number of carbonyl (C=O) groups is 2. The lowest BCUT2D eigenvalue weighted by atomic mass is 10.2. The standard InChI is InChI=1S/C11H12N6O4/c1-5(9-14-16-17-15-9)12-11(21)13-7-3-2-6(10(19)20)4-8(7)18/h2-5,18H,1H3,(H,19,20)(H2,12,13,21)(H,14,15,16,17). The summed E-state index contributed by atoms with van der Waals surface area (Å²) in [6.45, 7) is 1.65. The van der Waals surface area contributed by atoms with Crippen LogP contribution in [0.5, 0.6) is 5.75 Å². The van der Waals surface area contributed by atoms with Gasteiger partial charge in [0.05, 0.1) is 17.3 Å². The Morgan fingerprint density at radius 1 is 1.38 bits per heavy atom. The average Bonchev–Trinajstić information content (AvgIpc) is 2.94. The van der Waals surface area contributed by atoms with Gasteiger partial charge in [-0.15, -0.1) is 10.2 Å². The molecule has 0 bridgehead atoms. The fourth-order valence-electron chi connectivity index (χ4n) is 1.54. The second-order valence-corrected chi connectivity index (χ2v) is 4.13. The van der Waals surface area contributed by atoms with E-state index in [4.69, 9.17) is 5.11 Å². The Kier molecular flexibility index (Phi) is 3.97. The minimum Gasteiger partial charge on any atom is -0.506 e. The van der Waals surface area contributed by atoms with Crippen LogP contribution in [0.2, 0.25) is 0 Å². The number of carboxylic acid groups (broad SMARTS) is 1. The molecule has 0 saturated heterocycles. The molecule has 0 radical (unpaired) electrons. The van der Waals surface area contributed by atoms with E-state index in [9.17, 15) is 14.7 Å². The van der Waals surface area contributed by atoms with Crippen molar-refractivity contribution in [2.45, 2.75) is 13.0 Å². The average molecular weight is 292 g/mol. The molecule has 5 N–H and O–H groups in total. The molecule has 10 nitrogen and oxygen atoms in total. The Labute approximate surface area is 118 Å². The van der Waals surface area contributed by atoms with Crippen molar-refractivity contribution in [3.63, 3.8) is 0 Å². The van der Waals surface area contributed by atoms with Crippen LogP contribution in [0.3, 0.4) is 0 Å². The molecule has 0 aliphatic heterocycles. The third-order valence-corrected chi connectivity index (χ3v) is 2.59. The minimum absolute atomic E-state index is 0.0813. The Bertz CT molecular complexity index is 657. The Hall–Kier alpha value is -3.17. The molecule has 1 atom stereocenters. The molecule has 0 aliphatic rings. The Balaban J connectivity index is 2.01. The summed E-state index contributed by atoms with van der Waals surface area (Å²) in [6, 6.07) is 2.49. The van der Waals surface area contributed by atoms with Crippen molar-refractivity contribution >= 4 is 17.7 Å². The first-order chi connectivity index (χ1) is 9.97. The van der Waals surface area contributed by atoms with Crippen molar-refractivity contribution in [2.24, 2.45) is 0 Å². The van der Waals surface area contributed by atoms with Gasteiger partial charge in [0.25, 0.3) is 0 Å². The number of nitrogens with zero attached hydrogens (tertiary/aromatic N) is 3. The summed E-state index contributed by atoms with van der Waals surface area (Å²) < 4.78 is 0. The number of hydrogen-bond donors (Lipinski definition) is 5. The lowest BCUT2D eigenvalue weighted by molar-refractivity contribution is 0.0696. The largest absolute Gasteiger partial charge is 0.506 e. The molecule has 1 aromatic heterocycles. The Morgan fingerprint density at radius 2 is 2.14 bits per heavy atom. The summed E-state index contributed by atoms with van der Waals surface area (Å²) in [7, 11) is 0. The van der Waals surface area contributed by atoms with Crippen LogP contribution >= 0.6 is 0 Å². The number of carboxylic acids is 1. The highest BCUT2D eigenvalue weighted by Gasteiger charge is 2.15. The number of aromatic amines is 1. The number of nitrogens with one attached hydrogen (secondary N) is 3. The van der Waals surface area contributed by atoms with Crippen LogP contribution in [0.25, 0.3) is 0 Å². The summed E-state index contributed by atoms with van der Waals surface area (Å²) >= 11 is 0. The molecule has 1 aromatic carbocycles. The van der Waals surface area contributed by atoms with Crippen LogP contribution in [0.4, 0.5) is 10.5 Å². The van der Waals surface area contributed by atoms with Gasteiger partial charge in [0.2, 0.25) is 0 Å². The number of H-pyrrole nitrogens is 1. The predicted octanol–water partition coefficient (Wildman–Crippen LogP) is 0.486. The minimum atomic E-state index is -1.17. The molecule has 110 valence electrons. The quantitative estimate of drug-likeness (QED) is 0.514. The van der Waals surface area contributed by atoms with Crippen LogP contribution in [0.1, 0.15) is 29.1 Å². The third-order valence-electron chi connectivity index (χ3n) is 2.59. The fourth-order valence-corrected chi connectivity index (χ4v) is 1.54. The van der Waals surface area contributed by atoms with Gasteiger partial charge in [-0.2, -0.15) is 5.21 Å². The van der Waals surface area contributed by atoms with Gasteiger partial charge in [-0.3, -0.25) is 0 Å². The van der Waals surface area contributed by atoms with Gasteiger partial charge in [-0.1, -0.05) is 5.21 Å². The van der Waals surface area contributed by atoms with Crippen LogP contribution < -0.4 is 10.6 Å². The van der Waals surface area contributed by atoms with Crippen molar-refractivity contribution in [2.75, 3.05) is 5.32 Å². The first-order valence-corrected chi connectivity index (χ1v) is 5.84. The number of anilines is 1. The predicted molar refractivity (Wildman–Crippen MR) is 69.8 cm³/mol. The van der Waals surface area contributed by atoms with Crippen molar-refractivity contribution in [1.82, 2.24) is 25.9 Å². The molecule has 2 aromatic rings. The number of aromatic nitrogens is 4. The fraction of sp³-hybridized carbons (Fsp3) is 0.182. The van der Waals surface area contributed by atoms with Gasteiger partial charge >= 0.3 is 12.0 Å². The SMILES string of the molecule is CC(NC(=O)Nc1ccc(C(=O)O)cc1O)c1nn[nH]n1. The number of phenols is 1. The highest BCUT2D eigenvalue weighted by atomic mass is 16.4. The zero-order chi connectivity index (χ0) is 15.4. The molecule has 0 spiro atoms. The maximum absolute atomic E-state index is 11.8. The molecule has 2 rings (SSSR count). The summed E-state index contributed by atoms with van der Waals surface area (Å²) in [6.07, 6.45) is 0. The van der Waals surface area contributed by atoms with E-state index in [1.165, 1.54) is 12.1 Å². The lowest BCUT2D eigenvalue weighted by Gasteiger charge is -2.12. The van der Waals surface area contributed by atoms with E-state index in [0.717, 1.165) is 6.07 Å². The number of aromatic carboxylic acids is 1. The zero-order valence-electron chi connectivity index (χ0n) is 10.9. The summed E-state index contributed by atoms with van der Waals surface area (Å²) in [5.41, 5.74) is -0.00330. The summed E-state index contributed by atoms with van der Waals surface area (Å²) in [5.74, 6) is -1.22. The van der Waals surface area contributed by atoms with E-state index in [2.05, 4.69) is 31.3 Å². The smallest absolute Gasteiger partial charge is 0.335 e. The molecule has 0 aliphatic carbocycles. The highest BCUT2D eigenvalue weighted by molar-refractivity contribution is 5.93. The molecule has 10 heteroatoms. The molecule has 0 fully saturated rings. The number of hydrogen-bond acceptors (Lipinski definition) is 6. The molecular weight excluding hydrogens is 280 g/mol. The number of urea groups is 1. The maximum Gasteiger partial charge on any atom is 0.335 e. The molecule has 1 unspecified atom stereocenters. The molecule has 21 heavy (non-hydrogen) atoms. The number of carbonyl (C=O) groups excluding carboxylic acids is 1. The number of phenolic OH excluding ortho intramolecular Hbond substituents is 1. The van der Waals surface area contributed by atoms with Gasteiger partial charge in [0.15, 0.2) is 5.82 Å². The van der Waals surface area contributed by atoms with Gasteiger partial charge in [-0.05, 0) is 25.1 Å². The summed E-state index contributed by atoms with van der Waals surface area (Å²) in [4.78, 5) is 22.5. The van der Waals surface area contributed by atoms with Crippen molar-refractivity contribution in [3.05, 3.63) is 29.6 Å². The van der Waals surface area contributed by atoms with E-state index in [0.29, 0.717) is 5.82 Å². The topological polar surface area (TPSA) is 153 Å². The second-order valence-electron chi connectivity index (χ2n) is 4.13. The molecule has 2 amide bonds. The zero-order valence-corrected chi connectivity index (χ0v) is 10.9. The van der Waals surface area contributed by atoms with Crippen LogP contribution in [0.15, 0.2) is 18.2 Å². The van der Waals surface area contributed by atoms with Gasteiger partial charge in [-0.25, -0.2) is 9.59 Å². The van der Waals surface area contributed by atoms with E-state index >= 15 is 0 Å². The number of rotatable bonds is 4. The number of tetrazole rings is 1. The monoisotopic (exact) mass is 292 g/mol.